The molecule has 10 aromatic carbocycles. The molecule has 0 amide bonds. The predicted octanol–water partition coefficient (Wildman–Crippen LogP) is 25.0. The first-order valence-electron chi connectivity index (χ1n) is 38.6. The molecular weight excluding hydrogens is 1670 g/mol. The summed E-state index contributed by atoms with van der Waals surface area (Å²) in [5.74, 6) is -21.7. The van der Waals surface area contributed by atoms with Gasteiger partial charge in [0.15, 0.2) is 29.1 Å². The minimum atomic E-state index is -1.64. The molecule has 15 nitrogen and oxygen atoms in total. The highest BCUT2D eigenvalue weighted by Crippen LogP contribution is 2.54. The Morgan fingerprint density at radius 3 is 0.820 bits per heavy atom. The highest BCUT2D eigenvalue weighted by Gasteiger charge is 2.41. The lowest BCUT2D eigenvalue weighted by atomic mass is 9.73. The third-order valence-electron chi connectivity index (χ3n) is 21.8. The van der Waals surface area contributed by atoms with E-state index in [4.69, 9.17) is 0 Å². The van der Waals surface area contributed by atoms with Crippen LogP contribution in [0.3, 0.4) is 0 Å². The summed E-state index contributed by atoms with van der Waals surface area (Å²) in [5, 5.41) is 48.3. The molecule has 16 aromatic rings. The van der Waals surface area contributed by atoms with E-state index in [0.29, 0.717) is 75.8 Å². The molecule has 0 spiro atoms. The van der Waals surface area contributed by atoms with Gasteiger partial charge in [-0.3, -0.25) is 0 Å². The van der Waals surface area contributed by atoms with Gasteiger partial charge in [0.2, 0.25) is 29.7 Å². The maximum absolute atomic E-state index is 14.7. The number of nitrogens with zero attached hydrogens (tertiary/aromatic N) is 15. The summed E-state index contributed by atoms with van der Waals surface area (Å²) < 4.78 is 213. The van der Waals surface area contributed by atoms with Crippen molar-refractivity contribution in [3.63, 3.8) is 0 Å². The molecule has 0 aliphatic carbocycles. The largest absolute Gasteiger partial charge is 0.305 e. The van der Waals surface area contributed by atoms with Crippen molar-refractivity contribution in [1.82, 2.24) is 29.5 Å². The Morgan fingerprint density at radius 2 is 0.492 bits per heavy atom. The molecule has 128 heavy (non-hydrogen) atoms. The number of benzene rings is 10. The van der Waals surface area contributed by atoms with E-state index in [0.717, 1.165) is 55.3 Å². The van der Waals surface area contributed by atoms with Crippen LogP contribution in [0, 0.1) is 145 Å². The summed E-state index contributed by atoms with van der Waals surface area (Å²) in [6.07, 6.45) is 5.69. The van der Waals surface area contributed by atoms with Crippen molar-refractivity contribution in [2.24, 2.45) is 0 Å². The van der Waals surface area contributed by atoms with Crippen molar-refractivity contribution < 1.29 is 65.9 Å². The molecule has 0 radical (unpaired) electrons. The fourth-order valence-corrected chi connectivity index (χ4v) is 16.2. The second-order valence-corrected chi connectivity index (χ2v) is 29.2. The number of aryl methyl sites for hydroxylation is 2. The molecule has 0 saturated carbocycles. The van der Waals surface area contributed by atoms with Gasteiger partial charge in [-0.25, -0.2) is 22.0 Å². The molecule has 4 aliphatic rings. The lowest BCUT2D eigenvalue weighted by molar-refractivity contribution is 0.443. The highest BCUT2D eigenvalue weighted by molar-refractivity contribution is 6.09. The Bertz CT molecular complexity index is 7190. The average Bonchev–Trinajstić information content (AvgIpc) is 1.05. The zero-order valence-corrected chi connectivity index (χ0v) is 66.2. The first-order chi connectivity index (χ1) is 61.8. The van der Waals surface area contributed by atoms with Crippen LogP contribution in [0.2, 0.25) is 0 Å². The minimum Gasteiger partial charge on any atom is -0.305 e. The first-order valence-corrected chi connectivity index (χ1v) is 38.6. The number of fused-ring (bicyclic) bond motifs is 11. The Hall–Kier alpha value is -16.9. The van der Waals surface area contributed by atoms with Crippen molar-refractivity contribution in [3.05, 3.63) is 404 Å². The van der Waals surface area contributed by atoms with Gasteiger partial charge in [-0.2, -0.15) is 95.1 Å². The maximum atomic E-state index is 14.7. The Morgan fingerprint density at radius 1 is 0.258 bits per heavy atom. The Balaban J connectivity index is 0.000000118. The summed E-state index contributed by atoms with van der Waals surface area (Å²) in [5.41, 5.74) is 6.62. The second-order valence-electron chi connectivity index (χ2n) is 29.2. The zero-order valence-electron chi connectivity index (χ0n) is 66.2. The van der Waals surface area contributed by atoms with Gasteiger partial charge < -0.3 is 24.2 Å². The van der Waals surface area contributed by atoms with E-state index >= 15 is 0 Å². The summed E-state index contributed by atoms with van der Waals surface area (Å²) in [4.78, 5) is 20.8. The number of aromatic nitrogens is 6. The minimum absolute atomic E-state index is 0.381. The number of anilines is 12. The molecule has 0 N–H and O–H groups in total. The van der Waals surface area contributed by atoms with Gasteiger partial charge in [0.1, 0.15) is 86.6 Å². The number of para-hydroxylation sites is 10. The van der Waals surface area contributed by atoms with Crippen molar-refractivity contribution in [2.45, 2.75) is 38.5 Å². The zero-order chi connectivity index (χ0) is 90.3. The van der Waals surface area contributed by atoms with E-state index < -0.39 is 139 Å². The smallest absolute Gasteiger partial charge is 0.253 e. The molecule has 0 fully saturated rings. The number of hydrogen-bond acceptors (Lipinski definition) is 14. The van der Waals surface area contributed by atoms with Crippen molar-refractivity contribution in [2.75, 3.05) is 19.6 Å². The third-order valence-corrected chi connectivity index (χ3v) is 21.8. The number of hydrogen-bond donors (Lipinski definition) is 0. The van der Waals surface area contributed by atoms with Gasteiger partial charge in [-0.15, -0.1) is 0 Å². The van der Waals surface area contributed by atoms with E-state index in [2.05, 4.69) is 24.9 Å². The van der Waals surface area contributed by atoms with E-state index in [9.17, 15) is 92.2 Å². The van der Waals surface area contributed by atoms with Crippen LogP contribution in [0.5, 0.6) is 0 Å². The van der Waals surface area contributed by atoms with E-state index in [-0.39, 0.29) is 11.4 Å². The number of halogens is 15. The van der Waals surface area contributed by atoms with Crippen LogP contribution in [-0.4, -0.2) is 29.5 Å². The molecule has 0 unspecified atom stereocenters. The van der Waals surface area contributed by atoms with Crippen LogP contribution in [0.4, 0.5) is 134 Å². The van der Waals surface area contributed by atoms with Gasteiger partial charge >= 0.3 is 0 Å². The topological polar surface area (TPSA) is 201 Å². The highest BCUT2D eigenvalue weighted by atomic mass is 19.2. The molecule has 6 aromatic heterocycles. The summed E-state index contributed by atoms with van der Waals surface area (Å²) in [6, 6.07) is 79.8. The number of pyridine rings is 5. The Labute approximate surface area is 718 Å². The second kappa shape index (κ2) is 34.8. The summed E-state index contributed by atoms with van der Waals surface area (Å²) in [6.45, 7) is 4.07. The van der Waals surface area contributed by atoms with Crippen LogP contribution in [0.15, 0.2) is 243 Å². The lowest BCUT2D eigenvalue weighted by Gasteiger charge is -2.42. The van der Waals surface area contributed by atoms with Crippen LogP contribution < -0.4 is 19.6 Å². The maximum Gasteiger partial charge on any atom is 0.253 e. The molecule has 0 saturated heterocycles. The van der Waals surface area contributed by atoms with Crippen molar-refractivity contribution in [1.29, 1.82) is 26.3 Å². The van der Waals surface area contributed by atoms with Gasteiger partial charge in [-0.1, -0.05) is 208 Å². The van der Waals surface area contributed by atoms with Crippen LogP contribution in [-0.2, 0) is 24.7 Å². The first kappa shape index (κ1) is 84.7. The van der Waals surface area contributed by atoms with E-state index in [1.165, 1.54) is 24.2 Å². The van der Waals surface area contributed by atoms with Gasteiger partial charge in [0.05, 0.1) is 33.8 Å². The monoisotopic (exact) mass is 1730 g/mol. The summed E-state index contributed by atoms with van der Waals surface area (Å²) >= 11 is 0. The van der Waals surface area contributed by atoms with E-state index in [1.54, 1.807) is 152 Å². The molecule has 626 valence electrons. The predicted molar refractivity (Wildman–Crippen MR) is 448 cm³/mol. The van der Waals surface area contributed by atoms with E-state index in [1.807, 2.05) is 147 Å². The molecule has 30 heteroatoms. The fraction of sp³-hybridized carbons (Fsp3) is 0.0612. The van der Waals surface area contributed by atoms with Crippen LogP contribution >= 0.6 is 0 Å². The number of rotatable bonds is 5. The van der Waals surface area contributed by atoms with Gasteiger partial charge in [0.25, 0.3) is 29.7 Å². The SMILES string of the molecule is CC1(C)c2ccccc2N(c2c(F)nc(F)c(F)c2C#N)c2ccccc21.N#Cc1c(F)c(F)nc(F)c1-n1c2ccccc2c2ccccc21.N#Cc1c(F)c(F)nc(F)c1N1c2ccccc2C=Cc2ccccc21.N#Cc1c(F)c(F)nc(F)c1N1c2ccccc2CCc2ccccc21.N#Cc1c(F)c(F)nc(F)c1N1c2ccccc2Cc2ccccc21. The molecule has 4 aliphatic heterocycles. The normalized spacial score (nSPS) is 12.6. The average molecular weight is 1730 g/mol. The number of nitriles is 5. The lowest BCUT2D eigenvalue weighted by Crippen LogP contribution is -2.31. The standard InChI is InChI=1S/C21H14F3N3.C20H12F3N3.C20H10F3N3.C19H10F3N3.C18H8F3N3/c1-21(2)13-7-3-5-9-15(13)27(16-10-6-4-8-14(16)21)18-12(11-25)17(22)19(23)26-20(18)24;2*21-17-14(11-24)18(20(23)25-19(17)22)26-15-7-3-1-5-12(15)9-10-13-6-2-4-8-16(13)26;20-16-13(10-23)17(19(22)24-18(16)21)25-14-7-3-1-5-11(14)9-12-6-2-4-8-15(12)25;19-15-12(9-22)16(18(21)23-17(15)20)24-13-7-3-1-5-10(13)11-6-2-4-8-14(11)24/h3-10H,1-2H3;1-8H,9-10H2;1-10H;1-8H,9H2;1-8H. The third kappa shape index (κ3) is 14.8. The molecule has 0 bridgehead atoms. The van der Waals surface area contributed by atoms with Crippen molar-refractivity contribution in [3.8, 4) is 36.0 Å². The molecule has 10 heterocycles. The Kier molecular flexibility index (Phi) is 23.0. The van der Waals surface area contributed by atoms with Gasteiger partial charge in [0, 0.05) is 45.4 Å². The fourth-order valence-electron chi connectivity index (χ4n) is 16.2. The molecular formula is C98H54F15N15. The van der Waals surface area contributed by atoms with Crippen LogP contribution in [0.1, 0.15) is 86.2 Å². The van der Waals surface area contributed by atoms with Gasteiger partial charge in [-0.05, 0) is 118 Å². The van der Waals surface area contributed by atoms with Crippen LogP contribution in [0.25, 0.3) is 39.6 Å². The van der Waals surface area contributed by atoms with Crippen molar-refractivity contribution >= 4 is 102 Å². The summed E-state index contributed by atoms with van der Waals surface area (Å²) in [7, 11) is 0. The molecule has 0 atom stereocenters. The quantitative estimate of drug-likeness (QED) is 0.116. The molecule has 20 rings (SSSR count).